The first-order valence-electron chi connectivity index (χ1n) is 9.99. The highest BCUT2D eigenvalue weighted by molar-refractivity contribution is 7.86. The fourth-order valence-corrected chi connectivity index (χ4v) is 3.28. The highest BCUT2D eigenvalue weighted by Gasteiger charge is 2.05. The Labute approximate surface area is 145 Å². The highest BCUT2D eigenvalue weighted by Crippen LogP contribution is 2.13. The third kappa shape index (κ3) is 18.1. The van der Waals surface area contributed by atoms with Gasteiger partial charge in [0.1, 0.15) is 0 Å². The van der Waals surface area contributed by atoms with Crippen molar-refractivity contribution in [2.24, 2.45) is 0 Å². The van der Waals surface area contributed by atoms with Gasteiger partial charge in [-0.3, -0.25) is 4.18 Å². The molecule has 0 N–H and O–H groups in total. The minimum absolute atomic E-state index is 0.0751. The molecule has 0 fully saturated rings. The van der Waals surface area contributed by atoms with Gasteiger partial charge < -0.3 is 0 Å². The van der Waals surface area contributed by atoms with Gasteiger partial charge in [-0.2, -0.15) is 8.42 Å². The minimum Gasteiger partial charge on any atom is -0.270 e. The second kappa shape index (κ2) is 16.8. The summed E-state index contributed by atoms with van der Waals surface area (Å²) in [5.74, 6) is 0.0751. The summed E-state index contributed by atoms with van der Waals surface area (Å²) in [5.41, 5.74) is 0. The summed E-state index contributed by atoms with van der Waals surface area (Å²) in [6.07, 6.45) is 19.7. The lowest BCUT2D eigenvalue weighted by atomic mass is 10.0. The van der Waals surface area contributed by atoms with Crippen molar-refractivity contribution in [1.82, 2.24) is 0 Å². The molecule has 0 aromatic rings. The first kappa shape index (κ1) is 22.9. The van der Waals surface area contributed by atoms with Gasteiger partial charge in [-0.1, -0.05) is 96.8 Å². The van der Waals surface area contributed by atoms with E-state index in [1.807, 2.05) is 0 Å². The third-order valence-electron chi connectivity index (χ3n) is 4.36. The molecule has 0 aliphatic carbocycles. The molecule has 0 aliphatic rings. The van der Waals surface area contributed by atoms with Gasteiger partial charge in [-0.05, 0) is 13.3 Å². The van der Waals surface area contributed by atoms with Crippen molar-refractivity contribution in [3.05, 3.63) is 0 Å². The lowest BCUT2D eigenvalue weighted by Crippen LogP contribution is -2.09. The topological polar surface area (TPSA) is 43.4 Å². The molecule has 0 saturated carbocycles. The molecule has 0 aliphatic heterocycles. The summed E-state index contributed by atoms with van der Waals surface area (Å²) < 4.78 is 27.1. The van der Waals surface area contributed by atoms with Gasteiger partial charge in [-0.25, -0.2) is 0 Å². The van der Waals surface area contributed by atoms with E-state index in [2.05, 4.69) is 6.92 Å². The van der Waals surface area contributed by atoms with Crippen LogP contribution in [0.2, 0.25) is 0 Å². The first-order valence-corrected chi connectivity index (χ1v) is 11.6. The summed E-state index contributed by atoms with van der Waals surface area (Å²) in [6, 6.07) is 0. The van der Waals surface area contributed by atoms with Crippen molar-refractivity contribution < 1.29 is 12.6 Å². The Morgan fingerprint density at radius 1 is 0.565 bits per heavy atom. The third-order valence-corrected chi connectivity index (χ3v) is 5.60. The summed E-state index contributed by atoms with van der Waals surface area (Å²) in [6.45, 7) is 4.24. The molecule has 140 valence electrons. The number of hydrogen-bond donors (Lipinski definition) is 0. The molecule has 0 bridgehead atoms. The lowest BCUT2D eigenvalue weighted by Gasteiger charge is -2.04. The van der Waals surface area contributed by atoms with Crippen LogP contribution < -0.4 is 0 Å². The monoisotopic (exact) mass is 348 g/mol. The van der Waals surface area contributed by atoms with Gasteiger partial charge in [0.25, 0.3) is 10.1 Å². The van der Waals surface area contributed by atoms with Crippen LogP contribution in [0.5, 0.6) is 0 Å². The van der Waals surface area contributed by atoms with Gasteiger partial charge in [0.05, 0.1) is 12.4 Å². The molecule has 0 aromatic carbocycles. The fraction of sp³-hybridized carbons (Fsp3) is 1.00. The van der Waals surface area contributed by atoms with E-state index in [9.17, 15) is 8.42 Å². The Hall–Kier alpha value is -0.0900. The van der Waals surface area contributed by atoms with E-state index in [-0.39, 0.29) is 5.75 Å². The maximum atomic E-state index is 11.1. The Balaban J connectivity index is 3.08. The molecule has 0 aromatic heterocycles. The van der Waals surface area contributed by atoms with Crippen molar-refractivity contribution in [1.29, 1.82) is 0 Å². The van der Waals surface area contributed by atoms with E-state index < -0.39 is 10.1 Å². The van der Waals surface area contributed by atoms with E-state index in [0.29, 0.717) is 6.61 Å². The Morgan fingerprint density at radius 3 is 1.26 bits per heavy atom. The summed E-state index contributed by atoms with van der Waals surface area (Å²) in [7, 11) is -3.24. The minimum atomic E-state index is -3.24. The van der Waals surface area contributed by atoms with Crippen LogP contribution in [0.3, 0.4) is 0 Å². The fourth-order valence-electron chi connectivity index (χ4n) is 2.74. The van der Waals surface area contributed by atoms with Gasteiger partial charge in [0.2, 0.25) is 0 Å². The summed E-state index contributed by atoms with van der Waals surface area (Å²) in [5, 5.41) is 0. The molecule has 0 radical (unpaired) electrons. The van der Waals surface area contributed by atoms with Gasteiger partial charge in [0, 0.05) is 0 Å². The molecule has 0 amide bonds. The standard InChI is InChI=1S/C19H40O3S/c1-3-5-6-7-8-9-10-11-12-13-14-15-16-17-18-19-22-23(20,21)4-2/h3-19H2,1-2H3. The van der Waals surface area contributed by atoms with Crippen LogP contribution in [-0.2, 0) is 14.3 Å². The largest absolute Gasteiger partial charge is 0.270 e. The molecule has 0 rings (SSSR count). The van der Waals surface area contributed by atoms with Crippen LogP contribution in [0.15, 0.2) is 0 Å². The van der Waals surface area contributed by atoms with E-state index >= 15 is 0 Å². The second-order valence-corrected chi connectivity index (χ2v) is 8.55. The summed E-state index contributed by atoms with van der Waals surface area (Å²) in [4.78, 5) is 0. The van der Waals surface area contributed by atoms with Crippen LogP contribution in [0.4, 0.5) is 0 Å². The zero-order valence-corrected chi connectivity index (χ0v) is 16.5. The zero-order valence-electron chi connectivity index (χ0n) is 15.7. The Morgan fingerprint density at radius 2 is 0.913 bits per heavy atom. The average Bonchev–Trinajstić information content (AvgIpc) is 2.54. The van der Waals surface area contributed by atoms with Crippen molar-refractivity contribution in [3.63, 3.8) is 0 Å². The van der Waals surface area contributed by atoms with E-state index in [1.54, 1.807) is 6.92 Å². The number of unbranched alkanes of at least 4 members (excludes halogenated alkanes) is 14. The van der Waals surface area contributed by atoms with E-state index in [1.165, 1.54) is 83.5 Å². The van der Waals surface area contributed by atoms with Crippen molar-refractivity contribution >= 4 is 10.1 Å². The second-order valence-electron chi connectivity index (χ2n) is 6.62. The van der Waals surface area contributed by atoms with Crippen molar-refractivity contribution in [2.75, 3.05) is 12.4 Å². The quantitative estimate of drug-likeness (QED) is 0.218. The van der Waals surface area contributed by atoms with Crippen LogP contribution in [-0.4, -0.2) is 20.8 Å². The van der Waals surface area contributed by atoms with Crippen LogP contribution >= 0.6 is 0 Å². The molecule has 0 unspecified atom stereocenters. The van der Waals surface area contributed by atoms with Gasteiger partial charge in [-0.15, -0.1) is 0 Å². The SMILES string of the molecule is CCCCCCCCCCCCCCCCCOS(=O)(=O)CC. The Kier molecular flexibility index (Phi) is 16.7. The van der Waals surface area contributed by atoms with Crippen LogP contribution in [0, 0.1) is 0 Å². The highest BCUT2D eigenvalue weighted by atomic mass is 32.2. The predicted molar refractivity (Wildman–Crippen MR) is 100 cm³/mol. The maximum Gasteiger partial charge on any atom is 0.267 e. The molecular formula is C19H40O3S. The molecule has 0 saturated heterocycles. The number of hydrogen-bond acceptors (Lipinski definition) is 3. The Bertz CT molecular complexity index is 326. The molecule has 0 atom stereocenters. The predicted octanol–water partition coefficient (Wildman–Crippen LogP) is 6.22. The van der Waals surface area contributed by atoms with E-state index in [0.717, 1.165) is 12.8 Å². The lowest BCUT2D eigenvalue weighted by molar-refractivity contribution is 0.307. The molecule has 0 heterocycles. The first-order chi connectivity index (χ1) is 11.1. The molecule has 0 spiro atoms. The molecular weight excluding hydrogens is 308 g/mol. The van der Waals surface area contributed by atoms with E-state index in [4.69, 9.17) is 4.18 Å². The van der Waals surface area contributed by atoms with Gasteiger partial charge >= 0.3 is 0 Å². The maximum absolute atomic E-state index is 11.1. The summed E-state index contributed by atoms with van der Waals surface area (Å²) >= 11 is 0. The molecule has 4 heteroatoms. The molecule has 23 heavy (non-hydrogen) atoms. The number of rotatable bonds is 18. The molecule has 3 nitrogen and oxygen atoms in total. The average molecular weight is 349 g/mol. The zero-order chi connectivity index (χ0) is 17.2. The van der Waals surface area contributed by atoms with Crippen LogP contribution in [0.25, 0.3) is 0 Å². The van der Waals surface area contributed by atoms with Crippen LogP contribution in [0.1, 0.15) is 110 Å². The van der Waals surface area contributed by atoms with Crippen molar-refractivity contribution in [2.45, 2.75) is 110 Å². The van der Waals surface area contributed by atoms with Gasteiger partial charge in [0.15, 0.2) is 0 Å². The normalized spacial score (nSPS) is 11.9. The van der Waals surface area contributed by atoms with Crippen molar-refractivity contribution in [3.8, 4) is 0 Å². The smallest absolute Gasteiger partial charge is 0.267 e.